The first-order valence-corrected chi connectivity index (χ1v) is 7.75. The molecule has 1 heterocycles. The van der Waals surface area contributed by atoms with Gasteiger partial charge in [-0.15, -0.1) is 0 Å². The van der Waals surface area contributed by atoms with Crippen molar-refractivity contribution in [2.24, 2.45) is 7.05 Å². The third kappa shape index (κ3) is 5.36. The quantitative estimate of drug-likeness (QED) is 0.435. The lowest BCUT2D eigenvalue weighted by atomic mass is 9.97. The molecule has 0 saturated carbocycles. The Labute approximate surface area is 127 Å². The van der Waals surface area contributed by atoms with E-state index in [0.29, 0.717) is 17.3 Å². The van der Waals surface area contributed by atoms with Crippen LogP contribution >= 0.6 is 11.8 Å². The van der Waals surface area contributed by atoms with Gasteiger partial charge in [0.2, 0.25) is 0 Å². The van der Waals surface area contributed by atoms with E-state index in [4.69, 9.17) is 0 Å². The molecule has 1 unspecified atom stereocenters. The van der Waals surface area contributed by atoms with Crippen LogP contribution in [0.4, 0.5) is 0 Å². The van der Waals surface area contributed by atoms with Crippen LogP contribution in [0.5, 0.6) is 0 Å². The van der Waals surface area contributed by atoms with Gasteiger partial charge in [0.25, 0.3) is 0 Å². The number of nitrogens with zero attached hydrogens (tertiary/aromatic N) is 3. The SMILES string of the molecule is CC(C)NC(C)(C#N)CCCSc1nc(=O)c(=O)[nH]n1C. The summed E-state index contributed by atoms with van der Waals surface area (Å²) in [6.07, 6.45) is 1.50. The summed E-state index contributed by atoms with van der Waals surface area (Å²) in [5, 5.41) is 15.4. The molecule has 0 aliphatic rings. The molecule has 0 spiro atoms. The number of thioether (sulfide) groups is 1. The second-order valence-electron chi connectivity index (χ2n) is 5.39. The highest BCUT2D eigenvalue weighted by Gasteiger charge is 2.23. The number of aryl methyl sites for hydroxylation is 1. The van der Waals surface area contributed by atoms with Gasteiger partial charge in [-0.25, -0.2) is 0 Å². The summed E-state index contributed by atoms with van der Waals surface area (Å²) in [4.78, 5) is 26.0. The van der Waals surface area contributed by atoms with Crippen LogP contribution in [0.2, 0.25) is 0 Å². The Morgan fingerprint density at radius 1 is 1.52 bits per heavy atom. The summed E-state index contributed by atoms with van der Waals surface area (Å²) in [5.74, 6) is 0.712. The second kappa shape index (κ2) is 7.43. The molecule has 1 atom stereocenters. The molecule has 7 nitrogen and oxygen atoms in total. The maximum atomic E-state index is 11.2. The minimum atomic E-state index is -0.779. The number of nitriles is 1. The highest BCUT2D eigenvalue weighted by atomic mass is 32.2. The zero-order valence-corrected chi connectivity index (χ0v) is 13.6. The second-order valence-corrected chi connectivity index (χ2v) is 6.46. The average Bonchev–Trinajstić information content (AvgIpc) is 2.39. The first-order chi connectivity index (χ1) is 9.77. The highest BCUT2D eigenvalue weighted by molar-refractivity contribution is 7.99. The van der Waals surface area contributed by atoms with Crippen LogP contribution in [0, 0.1) is 11.3 Å². The first kappa shape index (κ1) is 17.5. The van der Waals surface area contributed by atoms with Gasteiger partial charge in [-0.2, -0.15) is 10.2 Å². The molecule has 1 aromatic heterocycles. The molecular formula is C13H21N5O2S. The third-order valence-electron chi connectivity index (χ3n) is 2.85. The molecule has 1 aromatic rings. The highest BCUT2D eigenvalue weighted by Crippen LogP contribution is 2.18. The summed E-state index contributed by atoms with van der Waals surface area (Å²) in [6.45, 7) is 5.89. The molecule has 116 valence electrons. The van der Waals surface area contributed by atoms with Gasteiger partial charge in [0.15, 0.2) is 5.16 Å². The van der Waals surface area contributed by atoms with Gasteiger partial charge < -0.3 is 0 Å². The Balaban J connectivity index is 2.55. The van der Waals surface area contributed by atoms with E-state index >= 15 is 0 Å². The normalized spacial score (nSPS) is 13.9. The van der Waals surface area contributed by atoms with Crippen LogP contribution in [-0.4, -0.2) is 32.1 Å². The summed E-state index contributed by atoms with van der Waals surface area (Å²) >= 11 is 1.38. The van der Waals surface area contributed by atoms with E-state index in [9.17, 15) is 14.9 Å². The van der Waals surface area contributed by atoms with Gasteiger partial charge in [0.1, 0.15) is 5.54 Å². The molecule has 0 amide bonds. The van der Waals surface area contributed by atoms with Gasteiger partial charge in [-0.3, -0.25) is 24.7 Å². The summed E-state index contributed by atoms with van der Waals surface area (Å²) in [5.41, 5.74) is -2.06. The van der Waals surface area contributed by atoms with E-state index in [1.54, 1.807) is 7.05 Å². The molecule has 0 saturated heterocycles. The minimum Gasteiger partial charge on any atom is -0.297 e. The molecule has 0 aliphatic carbocycles. The maximum Gasteiger partial charge on any atom is 0.339 e. The van der Waals surface area contributed by atoms with E-state index in [-0.39, 0.29) is 6.04 Å². The average molecular weight is 311 g/mol. The maximum absolute atomic E-state index is 11.2. The molecule has 0 bridgehead atoms. The molecule has 0 radical (unpaired) electrons. The van der Waals surface area contributed by atoms with Crippen LogP contribution < -0.4 is 16.4 Å². The molecule has 21 heavy (non-hydrogen) atoms. The summed E-state index contributed by atoms with van der Waals surface area (Å²) in [6, 6.07) is 2.54. The fourth-order valence-electron chi connectivity index (χ4n) is 1.98. The van der Waals surface area contributed by atoms with Crippen LogP contribution in [-0.2, 0) is 7.05 Å². The molecule has 2 N–H and O–H groups in total. The predicted molar refractivity (Wildman–Crippen MR) is 82.3 cm³/mol. The molecule has 0 aliphatic heterocycles. The lowest BCUT2D eigenvalue weighted by Crippen LogP contribution is -2.44. The van der Waals surface area contributed by atoms with Crippen molar-refractivity contribution in [2.75, 3.05) is 5.75 Å². The molecular weight excluding hydrogens is 290 g/mol. The number of nitrogens with one attached hydrogen (secondary N) is 2. The van der Waals surface area contributed by atoms with Crippen molar-refractivity contribution in [1.82, 2.24) is 20.1 Å². The number of hydrogen-bond donors (Lipinski definition) is 2. The Morgan fingerprint density at radius 3 is 2.76 bits per heavy atom. The number of rotatable bonds is 7. The number of aromatic nitrogens is 3. The molecule has 8 heteroatoms. The van der Waals surface area contributed by atoms with E-state index < -0.39 is 16.7 Å². The fourth-order valence-corrected chi connectivity index (χ4v) is 2.83. The Hall–Kier alpha value is -1.59. The largest absolute Gasteiger partial charge is 0.339 e. The van der Waals surface area contributed by atoms with Crippen molar-refractivity contribution in [3.05, 3.63) is 20.7 Å². The Kier molecular flexibility index (Phi) is 6.18. The lowest BCUT2D eigenvalue weighted by molar-refractivity contribution is 0.380. The third-order valence-corrected chi connectivity index (χ3v) is 3.97. The van der Waals surface area contributed by atoms with Gasteiger partial charge in [0, 0.05) is 18.8 Å². The Morgan fingerprint density at radius 2 is 2.19 bits per heavy atom. The summed E-state index contributed by atoms with van der Waals surface area (Å²) in [7, 11) is 1.63. The van der Waals surface area contributed by atoms with Crippen molar-refractivity contribution in [3.63, 3.8) is 0 Å². The van der Waals surface area contributed by atoms with Crippen LogP contribution in [0.1, 0.15) is 33.6 Å². The van der Waals surface area contributed by atoms with Crippen molar-refractivity contribution < 1.29 is 0 Å². The van der Waals surface area contributed by atoms with E-state index in [0.717, 1.165) is 6.42 Å². The number of hydrogen-bond acceptors (Lipinski definition) is 6. The summed E-state index contributed by atoms with van der Waals surface area (Å²) < 4.78 is 1.43. The van der Waals surface area contributed by atoms with Crippen LogP contribution in [0.15, 0.2) is 14.7 Å². The van der Waals surface area contributed by atoms with Gasteiger partial charge >= 0.3 is 11.1 Å². The monoisotopic (exact) mass is 311 g/mol. The molecule has 1 rings (SSSR count). The van der Waals surface area contributed by atoms with E-state index in [1.165, 1.54) is 16.4 Å². The zero-order valence-electron chi connectivity index (χ0n) is 12.8. The van der Waals surface area contributed by atoms with Crippen molar-refractivity contribution in [3.8, 4) is 6.07 Å². The van der Waals surface area contributed by atoms with Gasteiger partial charge in [0.05, 0.1) is 6.07 Å². The van der Waals surface area contributed by atoms with Crippen molar-refractivity contribution in [2.45, 2.75) is 50.4 Å². The Bertz CT molecular complexity index is 631. The van der Waals surface area contributed by atoms with E-state index in [1.807, 2.05) is 20.8 Å². The van der Waals surface area contributed by atoms with Crippen molar-refractivity contribution in [1.29, 1.82) is 5.26 Å². The van der Waals surface area contributed by atoms with Crippen LogP contribution in [0.3, 0.4) is 0 Å². The number of H-pyrrole nitrogens is 1. The topological polar surface area (TPSA) is 104 Å². The predicted octanol–water partition coefficient (Wildman–Crippen LogP) is 0.621. The van der Waals surface area contributed by atoms with E-state index in [2.05, 4.69) is 21.5 Å². The standard InChI is InChI=1S/C13H21N5O2S/c1-9(2)16-13(3,8-14)6-5-7-21-12-15-10(19)11(20)17-18(12)4/h9,16H,5-7H2,1-4H3,(H,17,20). The van der Waals surface area contributed by atoms with Crippen molar-refractivity contribution >= 4 is 11.8 Å². The van der Waals surface area contributed by atoms with Gasteiger partial charge in [-0.05, 0) is 33.6 Å². The fraction of sp³-hybridized carbons (Fsp3) is 0.692. The van der Waals surface area contributed by atoms with Crippen LogP contribution in [0.25, 0.3) is 0 Å². The minimum absolute atomic E-state index is 0.240. The first-order valence-electron chi connectivity index (χ1n) is 6.76. The molecule has 0 aromatic carbocycles. The zero-order chi connectivity index (χ0) is 16.0. The van der Waals surface area contributed by atoms with Gasteiger partial charge in [-0.1, -0.05) is 11.8 Å². The smallest absolute Gasteiger partial charge is 0.297 e. The number of aromatic amines is 1. The molecule has 0 fully saturated rings. The lowest BCUT2D eigenvalue weighted by Gasteiger charge is -2.25.